The van der Waals surface area contributed by atoms with Crippen molar-refractivity contribution < 1.29 is 9.47 Å². The lowest BCUT2D eigenvalue weighted by molar-refractivity contribution is 0.113. The zero-order valence-electron chi connectivity index (χ0n) is 16.2. The number of rotatable bonds is 10. The summed E-state index contributed by atoms with van der Waals surface area (Å²) < 4.78 is 13.0. The Morgan fingerprint density at radius 1 is 1.35 bits per heavy atom. The van der Waals surface area contributed by atoms with Gasteiger partial charge in [-0.15, -0.1) is 34.2 Å². The first kappa shape index (κ1) is 23.1. The molecule has 1 aliphatic rings. The fourth-order valence-corrected chi connectivity index (χ4v) is 2.61. The molecule has 9 heteroatoms. The Labute approximate surface area is 173 Å². The summed E-state index contributed by atoms with van der Waals surface area (Å²) in [5, 5.41) is 15.0. The molecule has 150 valence electrons. The Balaban J connectivity index is 0.00000338. The predicted molar refractivity (Wildman–Crippen MR) is 113 cm³/mol. The molecule has 0 aromatic carbocycles. The van der Waals surface area contributed by atoms with Gasteiger partial charge in [-0.2, -0.15) is 0 Å². The molecule has 2 heterocycles. The quantitative estimate of drug-likeness (QED) is 0.230. The van der Waals surface area contributed by atoms with Crippen LogP contribution in [-0.4, -0.2) is 59.7 Å². The van der Waals surface area contributed by atoms with Gasteiger partial charge in [0.2, 0.25) is 0 Å². The number of halogens is 1. The van der Waals surface area contributed by atoms with Crippen molar-refractivity contribution in [2.45, 2.75) is 52.2 Å². The Kier molecular flexibility index (Phi) is 11.8. The van der Waals surface area contributed by atoms with E-state index in [-0.39, 0.29) is 30.1 Å². The van der Waals surface area contributed by atoms with Crippen molar-refractivity contribution in [2.24, 2.45) is 12.0 Å². The number of nitrogens with one attached hydrogen (secondary N) is 2. The molecule has 26 heavy (non-hydrogen) atoms. The van der Waals surface area contributed by atoms with E-state index in [1.807, 2.05) is 25.5 Å². The average Bonchev–Trinajstić information content (AvgIpc) is 3.24. The summed E-state index contributed by atoms with van der Waals surface area (Å²) in [6.45, 7) is 8.55. The number of ether oxygens (including phenoxy) is 2. The number of hydrogen-bond acceptors (Lipinski definition) is 5. The van der Waals surface area contributed by atoms with Crippen LogP contribution in [0.4, 0.5) is 0 Å². The van der Waals surface area contributed by atoms with E-state index in [9.17, 15) is 0 Å². The molecule has 1 unspecified atom stereocenters. The van der Waals surface area contributed by atoms with Gasteiger partial charge in [0.15, 0.2) is 11.8 Å². The lowest BCUT2D eigenvalue weighted by Gasteiger charge is -2.15. The minimum Gasteiger partial charge on any atom is -0.382 e. The van der Waals surface area contributed by atoms with Crippen LogP contribution in [-0.2, 0) is 23.1 Å². The summed E-state index contributed by atoms with van der Waals surface area (Å²) in [4.78, 5) is 4.65. The Hall–Kier alpha value is -0.940. The maximum atomic E-state index is 5.67. The number of nitrogens with zero attached hydrogens (tertiary/aromatic N) is 4. The smallest absolute Gasteiger partial charge is 0.191 e. The summed E-state index contributed by atoms with van der Waals surface area (Å²) in [5.74, 6) is 2.54. The summed E-state index contributed by atoms with van der Waals surface area (Å²) in [6.07, 6.45) is 4.62. The SMILES string of the molecule is CCOCCCCNC(=NCc1nnc(C)n1C)NCC1CCCO1.I. The summed E-state index contributed by atoms with van der Waals surface area (Å²) in [6, 6.07) is 0. The monoisotopic (exact) mass is 480 g/mol. The van der Waals surface area contributed by atoms with Crippen molar-refractivity contribution in [3.8, 4) is 0 Å². The van der Waals surface area contributed by atoms with E-state index < -0.39 is 0 Å². The zero-order chi connectivity index (χ0) is 17.9. The van der Waals surface area contributed by atoms with E-state index in [0.717, 1.165) is 76.2 Å². The third-order valence-corrected chi connectivity index (χ3v) is 4.29. The van der Waals surface area contributed by atoms with Crippen LogP contribution in [0.25, 0.3) is 0 Å². The highest BCUT2D eigenvalue weighted by molar-refractivity contribution is 14.0. The number of aryl methyl sites for hydroxylation is 1. The minimum atomic E-state index is 0. The van der Waals surface area contributed by atoms with Gasteiger partial charge in [0, 0.05) is 40.0 Å². The highest BCUT2D eigenvalue weighted by atomic mass is 127. The normalized spacial score (nSPS) is 17.2. The first-order chi connectivity index (χ1) is 12.2. The van der Waals surface area contributed by atoms with E-state index in [0.29, 0.717) is 6.54 Å². The van der Waals surface area contributed by atoms with Crippen LogP contribution in [0, 0.1) is 6.92 Å². The molecule has 1 aliphatic heterocycles. The molecule has 1 saturated heterocycles. The van der Waals surface area contributed by atoms with Crippen molar-refractivity contribution in [3.05, 3.63) is 11.6 Å². The molecule has 0 aliphatic carbocycles. The van der Waals surface area contributed by atoms with E-state index in [1.54, 1.807) is 0 Å². The van der Waals surface area contributed by atoms with E-state index in [1.165, 1.54) is 0 Å². The Morgan fingerprint density at radius 2 is 2.19 bits per heavy atom. The van der Waals surface area contributed by atoms with Gasteiger partial charge in [0.25, 0.3) is 0 Å². The number of hydrogen-bond donors (Lipinski definition) is 2. The number of guanidine groups is 1. The minimum absolute atomic E-state index is 0. The average molecular weight is 480 g/mol. The predicted octanol–water partition coefficient (Wildman–Crippen LogP) is 1.77. The molecule has 2 N–H and O–H groups in total. The maximum Gasteiger partial charge on any atom is 0.191 e. The molecule has 0 saturated carbocycles. The largest absolute Gasteiger partial charge is 0.382 e. The van der Waals surface area contributed by atoms with Crippen molar-refractivity contribution in [1.29, 1.82) is 0 Å². The Bertz CT molecular complexity index is 531. The number of unbranched alkanes of at least 4 members (excludes halogenated alkanes) is 1. The number of aliphatic imine (C=N–C) groups is 1. The highest BCUT2D eigenvalue weighted by Crippen LogP contribution is 2.10. The second kappa shape index (κ2) is 13.3. The summed E-state index contributed by atoms with van der Waals surface area (Å²) in [7, 11) is 1.96. The molecule has 8 nitrogen and oxygen atoms in total. The molecule has 0 radical (unpaired) electrons. The molecule has 0 bridgehead atoms. The van der Waals surface area contributed by atoms with Crippen LogP contribution >= 0.6 is 24.0 Å². The maximum absolute atomic E-state index is 5.67. The molecule has 1 atom stereocenters. The standard InChI is InChI=1S/C17H32N6O2.HI/c1-4-24-10-6-5-9-18-17(19-12-15-8-7-11-25-15)20-13-16-22-21-14(2)23(16)3;/h15H,4-13H2,1-3H3,(H2,18,19,20);1H. The molecular formula is C17H33IN6O2. The van der Waals surface area contributed by atoms with Gasteiger partial charge in [-0.3, -0.25) is 0 Å². The third-order valence-electron chi connectivity index (χ3n) is 4.29. The van der Waals surface area contributed by atoms with Gasteiger partial charge >= 0.3 is 0 Å². The fraction of sp³-hybridized carbons (Fsp3) is 0.824. The number of aromatic nitrogens is 3. The topological polar surface area (TPSA) is 85.6 Å². The molecule has 0 amide bonds. The lowest BCUT2D eigenvalue weighted by Crippen LogP contribution is -2.41. The van der Waals surface area contributed by atoms with Crippen LogP contribution in [0.1, 0.15) is 44.3 Å². The summed E-state index contributed by atoms with van der Waals surface area (Å²) in [5.41, 5.74) is 0. The fourth-order valence-electron chi connectivity index (χ4n) is 2.61. The van der Waals surface area contributed by atoms with E-state index in [2.05, 4.69) is 25.8 Å². The van der Waals surface area contributed by atoms with Crippen molar-refractivity contribution in [3.63, 3.8) is 0 Å². The first-order valence-electron chi connectivity index (χ1n) is 9.27. The zero-order valence-corrected chi connectivity index (χ0v) is 18.5. The van der Waals surface area contributed by atoms with Crippen molar-refractivity contribution in [2.75, 3.05) is 32.9 Å². The van der Waals surface area contributed by atoms with Crippen LogP contribution in [0.5, 0.6) is 0 Å². The molecule has 2 rings (SSSR count). The van der Waals surface area contributed by atoms with Gasteiger partial charge in [-0.1, -0.05) is 0 Å². The van der Waals surface area contributed by atoms with E-state index >= 15 is 0 Å². The Morgan fingerprint density at radius 3 is 2.85 bits per heavy atom. The second-order valence-electron chi connectivity index (χ2n) is 6.23. The molecule has 0 spiro atoms. The van der Waals surface area contributed by atoms with Gasteiger partial charge in [0.05, 0.1) is 6.10 Å². The van der Waals surface area contributed by atoms with Crippen LogP contribution in [0.2, 0.25) is 0 Å². The van der Waals surface area contributed by atoms with Crippen LogP contribution < -0.4 is 10.6 Å². The second-order valence-corrected chi connectivity index (χ2v) is 6.23. The van der Waals surface area contributed by atoms with Gasteiger partial charge in [-0.25, -0.2) is 4.99 Å². The highest BCUT2D eigenvalue weighted by Gasteiger charge is 2.15. The molecular weight excluding hydrogens is 447 g/mol. The molecule has 1 aromatic rings. The first-order valence-corrected chi connectivity index (χ1v) is 9.27. The van der Waals surface area contributed by atoms with E-state index in [4.69, 9.17) is 9.47 Å². The molecule has 1 fully saturated rings. The lowest BCUT2D eigenvalue weighted by atomic mass is 10.2. The van der Waals surface area contributed by atoms with Gasteiger partial charge in [-0.05, 0) is 39.5 Å². The summed E-state index contributed by atoms with van der Waals surface area (Å²) >= 11 is 0. The van der Waals surface area contributed by atoms with Crippen LogP contribution in [0.3, 0.4) is 0 Å². The third kappa shape index (κ3) is 8.17. The molecule has 1 aromatic heterocycles. The van der Waals surface area contributed by atoms with Gasteiger partial charge in [0.1, 0.15) is 12.4 Å². The van der Waals surface area contributed by atoms with Crippen molar-refractivity contribution >= 4 is 29.9 Å². The van der Waals surface area contributed by atoms with Gasteiger partial charge < -0.3 is 24.7 Å². The van der Waals surface area contributed by atoms with Crippen LogP contribution in [0.15, 0.2) is 4.99 Å². The van der Waals surface area contributed by atoms with Crippen molar-refractivity contribution in [1.82, 2.24) is 25.4 Å².